The van der Waals surface area contributed by atoms with Gasteiger partial charge in [0.05, 0.1) is 12.2 Å². The monoisotopic (exact) mass is 312 g/mol. The van der Waals surface area contributed by atoms with Gasteiger partial charge in [-0.05, 0) is 25.3 Å². The van der Waals surface area contributed by atoms with Crippen LogP contribution in [-0.4, -0.2) is 49.8 Å². The molecule has 1 atom stereocenters. The summed E-state index contributed by atoms with van der Waals surface area (Å²) < 4.78 is 6.08. The first-order valence-electron chi connectivity index (χ1n) is 7.35. The van der Waals surface area contributed by atoms with Crippen molar-refractivity contribution in [3.63, 3.8) is 0 Å². The number of nitrogens with zero attached hydrogens (tertiary/aromatic N) is 1. The molecule has 1 spiro atoms. The maximum atomic E-state index is 6.08. The van der Waals surface area contributed by atoms with Gasteiger partial charge in [0.25, 0.3) is 0 Å². The van der Waals surface area contributed by atoms with Crippen LogP contribution in [0.15, 0.2) is 0 Å². The minimum atomic E-state index is 0. The number of hydrogen-bond acceptors (Lipinski definition) is 3. The van der Waals surface area contributed by atoms with Crippen LogP contribution in [0.4, 0.5) is 0 Å². The van der Waals surface area contributed by atoms with E-state index in [0.29, 0.717) is 0 Å². The quantitative estimate of drug-likeness (QED) is 0.864. The van der Waals surface area contributed by atoms with Gasteiger partial charge in [-0.1, -0.05) is 26.7 Å². The molecule has 2 rings (SSSR count). The van der Waals surface area contributed by atoms with Crippen molar-refractivity contribution in [1.82, 2.24) is 10.2 Å². The molecule has 0 aromatic carbocycles. The van der Waals surface area contributed by atoms with E-state index in [1.54, 1.807) is 0 Å². The number of hydrogen-bond donors (Lipinski definition) is 1. The van der Waals surface area contributed by atoms with Gasteiger partial charge in [0.2, 0.25) is 0 Å². The fraction of sp³-hybridized carbons (Fsp3) is 1.00. The Kier molecular flexibility index (Phi) is 9.63. The molecule has 2 aliphatic rings. The maximum absolute atomic E-state index is 6.08. The third-order valence-electron chi connectivity index (χ3n) is 4.43. The topological polar surface area (TPSA) is 24.5 Å². The van der Waals surface area contributed by atoms with Crippen molar-refractivity contribution in [3.05, 3.63) is 0 Å². The molecule has 3 nitrogen and oxygen atoms in total. The molecule has 2 heterocycles. The molecule has 0 bridgehead atoms. The Morgan fingerprint density at radius 3 is 2.58 bits per heavy atom. The van der Waals surface area contributed by atoms with Crippen molar-refractivity contribution in [2.75, 3.05) is 39.3 Å². The molecule has 0 saturated carbocycles. The summed E-state index contributed by atoms with van der Waals surface area (Å²) >= 11 is 0. The van der Waals surface area contributed by atoms with Crippen molar-refractivity contribution >= 4 is 24.8 Å². The lowest BCUT2D eigenvalue weighted by atomic mass is 9.91. The molecule has 0 radical (unpaired) electrons. The van der Waals surface area contributed by atoms with Crippen LogP contribution in [-0.2, 0) is 4.74 Å². The van der Waals surface area contributed by atoms with E-state index >= 15 is 0 Å². The molecule has 116 valence electrons. The van der Waals surface area contributed by atoms with Gasteiger partial charge in [0.15, 0.2) is 0 Å². The maximum Gasteiger partial charge on any atom is 0.0933 e. The molecular weight excluding hydrogens is 283 g/mol. The van der Waals surface area contributed by atoms with E-state index in [1.807, 2.05) is 0 Å². The van der Waals surface area contributed by atoms with Gasteiger partial charge < -0.3 is 10.1 Å². The molecule has 0 aliphatic carbocycles. The van der Waals surface area contributed by atoms with Gasteiger partial charge in [-0.25, -0.2) is 0 Å². The lowest BCUT2D eigenvalue weighted by molar-refractivity contribution is -0.121. The summed E-state index contributed by atoms with van der Waals surface area (Å²) in [5.41, 5.74) is 0.128. The summed E-state index contributed by atoms with van der Waals surface area (Å²) in [6, 6.07) is 0. The van der Waals surface area contributed by atoms with Crippen molar-refractivity contribution < 1.29 is 4.74 Å². The number of halogens is 2. The fourth-order valence-electron chi connectivity index (χ4n) is 3.19. The van der Waals surface area contributed by atoms with Gasteiger partial charge in [-0.2, -0.15) is 0 Å². The lowest BCUT2D eigenvalue weighted by Crippen LogP contribution is -2.59. The van der Waals surface area contributed by atoms with Crippen molar-refractivity contribution in [1.29, 1.82) is 0 Å². The Morgan fingerprint density at radius 1 is 1.26 bits per heavy atom. The lowest BCUT2D eigenvalue weighted by Gasteiger charge is -2.45. The molecular formula is C14H30Cl2N2O. The van der Waals surface area contributed by atoms with Crippen LogP contribution in [0.2, 0.25) is 0 Å². The van der Waals surface area contributed by atoms with E-state index in [2.05, 4.69) is 24.1 Å². The smallest absolute Gasteiger partial charge is 0.0933 e. The van der Waals surface area contributed by atoms with E-state index in [0.717, 1.165) is 38.7 Å². The molecule has 19 heavy (non-hydrogen) atoms. The Balaban J connectivity index is 0.00000162. The summed E-state index contributed by atoms with van der Waals surface area (Å²) in [6.45, 7) is 11.3. The van der Waals surface area contributed by atoms with Gasteiger partial charge in [-0.15, -0.1) is 24.8 Å². The fourth-order valence-corrected chi connectivity index (χ4v) is 3.19. The zero-order valence-corrected chi connectivity index (χ0v) is 14.0. The Bertz CT molecular complexity index is 226. The Hall–Kier alpha value is 0.460. The predicted molar refractivity (Wildman–Crippen MR) is 85.8 cm³/mol. The zero-order valence-electron chi connectivity index (χ0n) is 12.3. The van der Waals surface area contributed by atoms with E-state index in [-0.39, 0.29) is 30.4 Å². The summed E-state index contributed by atoms with van der Waals surface area (Å²) in [6.07, 6.45) is 5.11. The SMILES string of the molecule is CCC(CC)CN1CCOC2(CCCNC2)C1.Cl.Cl. The summed E-state index contributed by atoms with van der Waals surface area (Å²) in [4.78, 5) is 2.63. The Labute approximate surface area is 130 Å². The summed E-state index contributed by atoms with van der Waals surface area (Å²) in [7, 11) is 0. The molecule has 1 unspecified atom stereocenters. The number of piperidine rings is 1. The van der Waals surface area contributed by atoms with E-state index in [1.165, 1.54) is 32.2 Å². The standard InChI is InChI=1S/C14H28N2O.2ClH/c1-3-13(4-2)10-16-8-9-17-14(12-16)6-5-7-15-11-14;;/h13,15H,3-12H2,1-2H3;2*1H. The minimum Gasteiger partial charge on any atom is -0.371 e. The molecule has 5 heteroatoms. The highest BCUT2D eigenvalue weighted by Gasteiger charge is 2.37. The van der Waals surface area contributed by atoms with Gasteiger partial charge in [0.1, 0.15) is 0 Å². The van der Waals surface area contributed by atoms with Gasteiger partial charge >= 0.3 is 0 Å². The van der Waals surface area contributed by atoms with E-state index < -0.39 is 0 Å². The molecule has 0 aromatic rings. The van der Waals surface area contributed by atoms with Crippen LogP contribution >= 0.6 is 24.8 Å². The predicted octanol–water partition coefficient (Wildman–Crippen LogP) is 2.72. The van der Waals surface area contributed by atoms with Crippen molar-refractivity contribution in [2.45, 2.75) is 45.1 Å². The first-order valence-corrected chi connectivity index (χ1v) is 7.35. The second kappa shape index (κ2) is 9.41. The number of morpholine rings is 1. The third-order valence-corrected chi connectivity index (χ3v) is 4.43. The van der Waals surface area contributed by atoms with Crippen LogP contribution in [0.5, 0.6) is 0 Å². The Morgan fingerprint density at radius 2 is 2.00 bits per heavy atom. The van der Waals surface area contributed by atoms with Crippen LogP contribution in [0.3, 0.4) is 0 Å². The highest BCUT2D eigenvalue weighted by Crippen LogP contribution is 2.26. The summed E-state index contributed by atoms with van der Waals surface area (Å²) in [5, 5.41) is 3.50. The molecule has 2 saturated heterocycles. The molecule has 1 N–H and O–H groups in total. The first kappa shape index (κ1) is 19.5. The van der Waals surface area contributed by atoms with Gasteiger partial charge in [0, 0.05) is 26.2 Å². The van der Waals surface area contributed by atoms with Crippen molar-refractivity contribution in [3.8, 4) is 0 Å². The molecule has 0 amide bonds. The second-order valence-electron chi connectivity index (χ2n) is 5.73. The third kappa shape index (κ3) is 5.39. The highest BCUT2D eigenvalue weighted by molar-refractivity contribution is 5.85. The molecule has 2 fully saturated rings. The van der Waals surface area contributed by atoms with Crippen LogP contribution < -0.4 is 5.32 Å². The van der Waals surface area contributed by atoms with E-state index in [4.69, 9.17) is 4.74 Å². The minimum absolute atomic E-state index is 0. The average molecular weight is 313 g/mol. The molecule has 0 aromatic heterocycles. The largest absolute Gasteiger partial charge is 0.371 e. The van der Waals surface area contributed by atoms with Crippen LogP contribution in [0.25, 0.3) is 0 Å². The van der Waals surface area contributed by atoms with Gasteiger partial charge in [-0.3, -0.25) is 4.90 Å². The molecule has 2 aliphatic heterocycles. The van der Waals surface area contributed by atoms with Crippen molar-refractivity contribution in [2.24, 2.45) is 5.92 Å². The van der Waals surface area contributed by atoms with Crippen LogP contribution in [0.1, 0.15) is 39.5 Å². The first-order chi connectivity index (χ1) is 8.28. The summed E-state index contributed by atoms with van der Waals surface area (Å²) in [5.74, 6) is 0.863. The van der Waals surface area contributed by atoms with Crippen LogP contribution in [0, 0.1) is 5.92 Å². The second-order valence-corrected chi connectivity index (χ2v) is 5.73. The normalized spacial score (nSPS) is 27.9. The zero-order chi connectivity index (χ0) is 12.1. The highest BCUT2D eigenvalue weighted by atomic mass is 35.5. The number of nitrogens with one attached hydrogen (secondary N) is 1. The van der Waals surface area contributed by atoms with E-state index in [9.17, 15) is 0 Å². The number of ether oxygens (including phenoxy) is 1. The number of rotatable bonds is 4. The average Bonchev–Trinajstić information content (AvgIpc) is 2.37.